The van der Waals surface area contributed by atoms with E-state index in [9.17, 15) is 5.11 Å². The van der Waals surface area contributed by atoms with Gasteiger partial charge in [0.1, 0.15) is 0 Å². The van der Waals surface area contributed by atoms with E-state index in [0.717, 1.165) is 24.1 Å². The molecule has 1 heterocycles. The molecule has 3 heteroatoms. The summed E-state index contributed by atoms with van der Waals surface area (Å²) >= 11 is 0. The Hall–Kier alpha value is -1.35. The van der Waals surface area contributed by atoms with Crippen LogP contribution < -0.4 is 0 Å². The van der Waals surface area contributed by atoms with Crippen molar-refractivity contribution in [1.29, 1.82) is 0 Å². The molecule has 0 radical (unpaired) electrons. The van der Waals surface area contributed by atoms with Crippen LogP contribution in [0.3, 0.4) is 0 Å². The molecule has 0 aromatic heterocycles. The lowest BCUT2D eigenvalue weighted by Crippen LogP contribution is -2.27. The first-order valence-corrected chi connectivity index (χ1v) is 5.76. The first-order chi connectivity index (χ1) is 7.86. The van der Waals surface area contributed by atoms with E-state index in [1.807, 2.05) is 30.3 Å². The predicted molar refractivity (Wildman–Crippen MR) is 63.3 cm³/mol. The van der Waals surface area contributed by atoms with Gasteiger partial charge in [0.05, 0.1) is 12.3 Å². The number of rotatable bonds is 4. The van der Waals surface area contributed by atoms with Crippen LogP contribution in [0.1, 0.15) is 25.3 Å². The normalized spacial score (nSPS) is 24.0. The second-order valence-electron chi connectivity index (χ2n) is 4.06. The van der Waals surface area contributed by atoms with Gasteiger partial charge in [-0.25, -0.2) is 0 Å². The SMILES string of the molecule is CCC[C@@H]1C(c2ccccc2)=NO[C@H]1CO. The molecule has 1 aliphatic heterocycles. The van der Waals surface area contributed by atoms with Crippen molar-refractivity contribution in [3.63, 3.8) is 0 Å². The van der Waals surface area contributed by atoms with Crippen molar-refractivity contribution in [2.45, 2.75) is 25.9 Å². The Morgan fingerprint density at radius 1 is 1.31 bits per heavy atom. The summed E-state index contributed by atoms with van der Waals surface area (Å²) in [7, 11) is 0. The number of hydrogen-bond acceptors (Lipinski definition) is 3. The Morgan fingerprint density at radius 3 is 2.69 bits per heavy atom. The lowest BCUT2D eigenvalue weighted by atomic mass is 9.89. The molecule has 0 saturated heterocycles. The summed E-state index contributed by atoms with van der Waals surface area (Å²) in [6.07, 6.45) is 1.89. The summed E-state index contributed by atoms with van der Waals surface area (Å²) in [5.74, 6) is 0.220. The molecule has 1 aromatic rings. The predicted octanol–water partition coefficient (Wildman–Crippen LogP) is 2.20. The molecular weight excluding hydrogens is 202 g/mol. The van der Waals surface area contributed by atoms with Crippen LogP contribution in [0.5, 0.6) is 0 Å². The van der Waals surface area contributed by atoms with Crippen LogP contribution in [-0.2, 0) is 4.84 Å². The molecule has 1 N–H and O–H groups in total. The zero-order valence-corrected chi connectivity index (χ0v) is 9.47. The lowest BCUT2D eigenvalue weighted by molar-refractivity contribution is 0.0162. The fourth-order valence-corrected chi connectivity index (χ4v) is 2.11. The molecule has 3 nitrogen and oxygen atoms in total. The van der Waals surface area contributed by atoms with Crippen LogP contribution in [0.15, 0.2) is 35.5 Å². The van der Waals surface area contributed by atoms with Gasteiger partial charge in [-0.1, -0.05) is 48.8 Å². The van der Waals surface area contributed by atoms with E-state index in [0.29, 0.717) is 0 Å². The van der Waals surface area contributed by atoms with Gasteiger partial charge in [0.15, 0.2) is 6.10 Å². The molecule has 0 amide bonds. The number of oxime groups is 1. The van der Waals surface area contributed by atoms with Gasteiger partial charge in [0, 0.05) is 5.92 Å². The molecule has 0 aliphatic carbocycles. The molecule has 2 rings (SSSR count). The highest BCUT2D eigenvalue weighted by Crippen LogP contribution is 2.26. The maximum absolute atomic E-state index is 9.23. The Balaban J connectivity index is 2.21. The van der Waals surface area contributed by atoms with Gasteiger partial charge in [0.2, 0.25) is 0 Å². The van der Waals surface area contributed by atoms with Crippen LogP contribution in [0.2, 0.25) is 0 Å². The van der Waals surface area contributed by atoms with Gasteiger partial charge in [-0.2, -0.15) is 0 Å². The topological polar surface area (TPSA) is 41.8 Å². The number of aliphatic hydroxyl groups is 1. The van der Waals surface area contributed by atoms with Crippen molar-refractivity contribution in [1.82, 2.24) is 0 Å². The molecule has 1 aromatic carbocycles. The Morgan fingerprint density at radius 2 is 2.06 bits per heavy atom. The molecular formula is C13H17NO2. The summed E-state index contributed by atoms with van der Waals surface area (Å²) < 4.78 is 0. The minimum absolute atomic E-state index is 0.0322. The van der Waals surface area contributed by atoms with Crippen molar-refractivity contribution >= 4 is 5.71 Å². The zero-order chi connectivity index (χ0) is 11.4. The van der Waals surface area contributed by atoms with Crippen molar-refractivity contribution in [2.75, 3.05) is 6.61 Å². The number of nitrogens with zero attached hydrogens (tertiary/aromatic N) is 1. The van der Waals surface area contributed by atoms with Crippen molar-refractivity contribution in [3.05, 3.63) is 35.9 Å². The fraction of sp³-hybridized carbons (Fsp3) is 0.462. The van der Waals surface area contributed by atoms with Crippen molar-refractivity contribution in [3.8, 4) is 0 Å². The monoisotopic (exact) mass is 219 g/mol. The highest BCUT2D eigenvalue weighted by atomic mass is 16.6. The number of aliphatic hydroxyl groups excluding tert-OH is 1. The zero-order valence-electron chi connectivity index (χ0n) is 9.47. The number of hydrogen-bond donors (Lipinski definition) is 1. The summed E-state index contributed by atoms with van der Waals surface area (Å²) in [6, 6.07) is 10.0. The largest absolute Gasteiger partial charge is 0.392 e. The van der Waals surface area contributed by atoms with E-state index in [2.05, 4.69) is 12.1 Å². The molecule has 0 unspecified atom stereocenters. The maximum Gasteiger partial charge on any atom is 0.158 e. The van der Waals surface area contributed by atoms with Crippen molar-refractivity contribution < 1.29 is 9.94 Å². The van der Waals surface area contributed by atoms with Gasteiger partial charge in [-0.15, -0.1) is 0 Å². The molecule has 86 valence electrons. The highest BCUT2D eigenvalue weighted by Gasteiger charge is 2.33. The molecule has 2 atom stereocenters. The smallest absolute Gasteiger partial charge is 0.158 e. The van der Waals surface area contributed by atoms with Crippen LogP contribution >= 0.6 is 0 Å². The summed E-state index contributed by atoms with van der Waals surface area (Å²) in [4.78, 5) is 5.27. The van der Waals surface area contributed by atoms with Gasteiger partial charge in [-0.05, 0) is 12.0 Å². The van der Waals surface area contributed by atoms with E-state index in [-0.39, 0.29) is 18.6 Å². The fourth-order valence-electron chi connectivity index (χ4n) is 2.11. The minimum atomic E-state index is -0.171. The van der Waals surface area contributed by atoms with Crippen molar-refractivity contribution in [2.24, 2.45) is 11.1 Å². The molecule has 0 bridgehead atoms. The lowest BCUT2D eigenvalue weighted by Gasteiger charge is -2.15. The van der Waals surface area contributed by atoms with Gasteiger partial charge in [0.25, 0.3) is 0 Å². The maximum atomic E-state index is 9.23. The van der Waals surface area contributed by atoms with E-state index in [4.69, 9.17) is 4.84 Å². The van der Waals surface area contributed by atoms with E-state index in [1.54, 1.807) is 0 Å². The standard InChI is InChI=1S/C13H17NO2/c1-2-6-11-12(9-15)16-14-13(11)10-7-4-3-5-8-10/h3-5,7-8,11-12,15H,2,6,9H2,1H3/t11-,12-/m0/s1. The third-order valence-corrected chi connectivity index (χ3v) is 2.94. The van der Waals surface area contributed by atoms with Crippen LogP contribution in [0.4, 0.5) is 0 Å². The number of benzene rings is 1. The van der Waals surface area contributed by atoms with Gasteiger partial charge >= 0.3 is 0 Å². The van der Waals surface area contributed by atoms with Crippen LogP contribution in [-0.4, -0.2) is 23.5 Å². The second kappa shape index (κ2) is 5.12. The average molecular weight is 219 g/mol. The van der Waals surface area contributed by atoms with Gasteiger partial charge < -0.3 is 9.94 Å². The first-order valence-electron chi connectivity index (χ1n) is 5.76. The summed E-state index contributed by atoms with van der Waals surface area (Å²) in [6.45, 7) is 2.17. The summed E-state index contributed by atoms with van der Waals surface area (Å²) in [5, 5.41) is 13.3. The molecule has 0 spiro atoms. The minimum Gasteiger partial charge on any atom is -0.392 e. The second-order valence-corrected chi connectivity index (χ2v) is 4.06. The Kier molecular flexibility index (Phi) is 3.57. The molecule has 0 fully saturated rings. The Bertz CT molecular complexity index is 361. The van der Waals surface area contributed by atoms with E-state index in [1.165, 1.54) is 0 Å². The highest BCUT2D eigenvalue weighted by molar-refractivity contribution is 6.03. The third kappa shape index (κ3) is 2.09. The first kappa shape index (κ1) is 11.1. The van der Waals surface area contributed by atoms with Crippen LogP contribution in [0, 0.1) is 5.92 Å². The van der Waals surface area contributed by atoms with Crippen LogP contribution in [0.25, 0.3) is 0 Å². The molecule has 0 saturated carbocycles. The third-order valence-electron chi connectivity index (χ3n) is 2.94. The Labute approximate surface area is 95.7 Å². The molecule has 16 heavy (non-hydrogen) atoms. The quantitative estimate of drug-likeness (QED) is 0.843. The summed E-state index contributed by atoms with van der Waals surface area (Å²) in [5.41, 5.74) is 2.07. The van der Waals surface area contributed by atoms with E-state index < -0.39 is 0 Å². The molecule has 1 aliphatic rings. The average Bonchev–Trinajstić information content (AvgIpc) is 2.74. The van der Waals surface area contributed by atoms with Gasteiger partial charge in [-0.3, -0.25) is 0 Å². The van der Waals surface area contributed by atoms with E-state index >= 15 is 0 Å².